The normalized spacial score (nSPS) is 11.8. The van der Waals surface area contributed by atoms with E-state index in [1.807, 2.05) is 38.1 Å². The first-order valence-corrected chi connectivity index (χ1v) is 12.5. The number of nitrogens with one attached hydrogen (secondary N) is 1. The minimum Gasteiger partial charge on any atom is -0.354 e. The molecule has 0 fully saturated rings. The van der Waals surface area contributed by atoms with Crippen LogP contribution in [0.2, 0.25) is 15.1 Å². The summed E-state index contributed by atoms with van der Waals surface area (Å²) in [5.74, 6) is 0.569. The number of carbonyl (C=O) groups is 2. The Morgan fingerprint density at radius 2 is 1.74 bits per heavy atom. The summed E-state index contributed by atoms with van der Waals surface area (Å²) in [7, 11) is 0. The molecule has 0 aromatic heterocycles. The van der Waals surface area contributed by atoms with Gasteiger partial charge in [0.15, 0.2) is 0 Å². The minimum atomic E-state index is -0.599. The van der Waals surface area contributed by atoms with Gasteiger partial charge in [0, 0.05) is 39.5 Å². The van der Waals surface area contributed by atoms with Gasteiger partial charge in [0.05, 0.1) is 5.75 Å². The predicted molar refractivity (Wildman–Crippen MR) is 132 cm³/mol. The fourth-order valence-electron chi connectivity index (χ4n) is 3.11. The quantitative estimate of drug-likeness (QED) is 0.398. The number of nitrogens with zero attached hydrogens (tertiary/aromatic N) is 1. The van der Waals surface area contributed by atoms with Crippen molar-refractivity contribution in [3.8, 4) is 0 Å². The number of hydrogen-bond acceptors (Lipinski definition) is 3. The Labute approximate surface area is 203 Å². The van der Waals surface area contributed by atoms with E-state index in [1.165, 1.54) is 11.8 Å². The molecule has 0 aliphatic rings. The molecule has 0 saturated carbocycles. The number of halogens is 3. The summed E-state index contributed by atoms with van der Waals surface area (Å²) in [6.45, 7) is 4.62. The summed E-state index contributed by atoms with van der Waals surface area (Å²) in [6.07, 6.45) is 1.31. The molecule has 2 aromatic carbocycles. The summed E-state index contributed by atoms with van der Waals surface area (Å²) < 4.78 is 0. The van der Waals surface area contributed by atoms with Gasteiger partial charge < -0.3 is 10.2 Å². The molecule has 0 spiro atoms. The van der Waals surface area contributed by atoms with Gasteiger partial charge in [0.1, 0.15) is 6.04 Å². The predicted octanol–water partition coefficient (Wildman–Crippen LogP) is 6.21. The highest BCUT2D eigenvalue weighted by molar-refractivity contribution is 7.99. The van der Waals surface area contributed by atoms with Crippen LogP contribution >= 0.6 is 46.6 Å². The van der Waals surface area contributed by atoms with E-state index in [-0.39, 0.29) is 24.1 Å². The van der Waals surface area contributed by atoms with Crippen molar-refractivity contribution in [3.05, 3.63) is 68.7 Å². The van der Waals surface area contributed by atoms with Gasteiger partial charge in [0.2, 0.25) is 11.8 Å². The average molecular weight is 502 g/mol. The van der Waals surface area contributed by atoms with E-state index in [0.717, 1.165) is 12.0 Å². The van der Waals surface area contributed by atoms with Crippen molar-refractivity contribution in [2.24, 2.45) is 0 Å². The van der Waals surface area contributed by atoms with Crippen LogP contribution in [0.4, 0.5) is 0 Å². The van der Waals surface area contributed by atoms with Gasteiger partial charge in [-0.15, -0.1) is 11.8 Å². The highest BCUT2D eigenvalue weighted by Gasteiger charge is 2.29. The van der Waals surface area contributed by atoms with Crippen LogP contribution < -0.4 is 5.32 Å². The van der Waals surface area contributed by atoms with Gasteiger partial charge in [-0.3, -0.25) is 9.59 Å². The molecule has 0 unspecified atom stereocenters. The van der Waals surface area contributed by atoms with Crippen LogP contribution in [0.5, 0.6) is 0 Å². The van der Waals surface area contributed by atoms with E-state index in [0.29, 0.717) is 39.3 Å². The van der Waals surface area contributed by atoms with Crippen LogP contribution in [0.3, 0.4) is 0 Å². The molecule has 1 N–H and O–H groups in total. The fourth-order valence-corrected chi connectivity index (χ4v) is 4.69. The molecule has 0 saturated heterocycles. The van der Waals surface area contributed by atoms with Gasteiger partial charge >= 0.3 is 0 Å². The highest BCUT2D eigenvalue weighted by atomic mass is 35.5. The summed E-state index contributed by atoms with van der Waals surface area (Å²) in [4.78, 5) is 27.6. The molecule has 4 nitrogen and oxygen atoms in total. The third kappa shape index (κ3) is 7.90. The van der Waals surface area contributed by atoms with E-state index in [2.05, 4.69) is 5.32 Å². The second kappa shape index (κ2) is 13.2. The van der Waals surface area contributed by atoms with Gasteiger partial charge in [-0.25, -0.2) is 0 Å². The lowest BCUT2D eigenvalue weighted by atomic mass is 10.1. The molecule has 0 aliphatic carbocycles. The minimum absolute atomic E-state index is 0.137. The first-order valence-electron chi connectivity index (χ1n) is 10.2. The molecule has 0 heterocycles. The topological polar surface area (TPSA) is 49.4 Å². The zero-order chi connectivity index (χ0) is 22.8. The Kier molecular flexibility index (Phi) is 11.0. The number of amides is 2. The lowest BCUT2D eigenvalue weighted by Crippen LogP contribution is -2.49. The van der Waals surface area contributed by atoms with Gasteiger partial charge in [-0.1, -0.05) is 66.8 Å². The fraction of sp³-hybridized carbons (Fsp3) is 0.391. The lowest BCUT2D eigenvalue weighted by Gasteiger charge is -2.31. The van der Waals surface area contributed by atoms with Crippen LogP contribution in [-0.4, -0.2) is 35.1 Å². The van der Waals surface area contributed by atoms with Crippen molar-refractivity contribution in [1.29, 1.82) is 0 Å². The van der Waals surface area contributed by atoms with Gasteiger partial charge in [-0.05, 0) is 42.7 Å². The molecule has 31 heavy (non-hydrogen) atoms. The summed E-state index contributed by atoms with van der Waals surface area (Å²) in [5.41, 5.74) is 1.68. The Morgan fingerprint density at radius 3 is 2.35 bits per heavy atom. The van der Waals surface area contributed by atoms with Crippen LogP contribution in [-0.2, 0) is 21.9 Å². The van der Waals surface area contributed by atoms with Crippen LogP contribution in [0.1, 0.15) is 37.8 Å². The molecule has 0 bridgehead atoms. The highest BCUT2D eigenvalue weighted by Crippen LogP contribution is 2.27. The van der Waals surface area contributed by atoms with Crippen molar-refractivity contribution >= 4 is 58.4 Å². The van der Waals surface area contributed by atoms with Crippen LogP contribution in [0.25, 0.3) is 0 Å². The second-order valence-electron chi connectivity index (χ2n) is 7.06. The SMILES string of the molecule is CCCNC(=O)[C@@H](CC)N(Cc1c(Cl)cccc1Cl)C(=O)CSCc1cccc(Cl)c1. The third-order valence-electron chi connectivity index (χ3n) is 4.71. The molecular weight excluding hydrogens is 475 g/mol. The first kappa shape index (κ1) is 25.9. The number of benzene rings is 2. The molecule has 2 aromatic rings. The Hall–Kier alpha value is -1.40. The van der Waals surface area contributed by atoms with Gasteiger partial charge in [-0.2, -0.15) is 0 Å². The van der Waals surface area contributed by atoms with E-state index in [1.54, 1.807) is 23.1 Å². The molecule has 0 aliphatic heterocycles. The average Bonchev–Trinajstić information content (AvgIpc) is 2.74. The molecule has 8 heteroatoms. The second-order valence-corrected chi connectivity index (χ2v) is 9.30. The van der Waals surface area contributed by atoms with Crippen molar-refractivity contribution in [3.63, 3.8) is 0 Å². The Bertz CT molecular complexity index is 875. The van der Waals surface area contributed by atoms with E-state index in [4.69, 9.17) is 34.8 Å². The Balaban J connectivity index is 2.18. The Morgan fingerprint density at radius 1 is 1.06 bits per heavy atom. The van der Waals surface area contributed by atoms with E-state index >= 15 is 0 Å². The zero-order valence-electron chi connectivity index (χ0n) is 17.7. The molecule has 2 amide bonds. The van der Waals surface area contributed by atoms with Crippen LogP contribution in [0.15, 0.2) is 42.5 Å². The number of hydrogen-bond donors (Lipinski definition) is 1. The molecule has 1 atom stereocenters. The first-order chi connectivity index (χ1) is 14.9. The van der Waals surface area contributed by atoms with Crippen molar-refractivity contribution < 1.29 is 9.59 Å². The number of rotatable bonds is 11. The molecular formula is C23H27Cl3N2O2S. The van der Waals surface area contributed by atoms with Crippen molar-refractivity contribution in [2.75, 3.05) is 12.3 Å². The molecule has 2 rings (SSSR count). The maximum Gasteiger partial charge on any atom is 0.242 e. The largest absolute Gasteiger partial charge is 0.354 e. The van der Waals surface area contributed by atoms with Crippen LogP contribution in [0, 0.1) is 0 Å². The molecule has 0 radical (unpaired) electrons. The summed E-state index contributed by atoms with van der Waals surface area (Å²) >= 11 is 20.2. The number of thioether (sulfide) groups is 1. The third-order valence-corrected chi connectivity index (χ3v) is 6.64. The van der Waals surface area contributed by atoms with Crippen molar-refractivity contribution in [2.45, 2.75) is 45.0 Å². The van der Waals surface area contributed by atoms with E-state index in [9.17, 15) is 9.59 Å². The monoisotopic (exact) mass is 500 g/mol. The maximum absolute atomic E-state index is 13.2. The van der Waals surface area contributed by atoms with E-state index < -0.39 is 6.04 Å². The summed E-state index contributed by atoms with van der Waals surface area (Å²) in [5, 5.41) is 4.51. The zero-order valence-corrected chi connectivity index (χ0v) is 20.8. The number of carbonyl (C=O) groups excluding carboxylic acids is 2. The van der Waals surface area contributed by atoms with Gasteiger partial charge in [0.25, 0.3) is 0 Å². The summed E-state index contributed by atoms with van der Waals surface area (Å²) in [6, 6.07) is 12.2. The maximum atomic E-state index is 13.2. The standard InChI is InChI=1S/C23H27Cl3N2O2S/c1-3-11-27-23(30)21(4-2)28(13-18-19(25)9-6-10-20(18)26)22(29)15-31-14-16-7-5-8-17(24)12-16/h5-10,12,21H,3-4,11,13-15H2,1-2H3,(H,27,30)/t21-/m1/s1. The molecule has 168 valence electrons. The lowest BCUT2D eigenvalue weighted by molar-refractivity contribution is -0.139. The van der Waals surface area contributed by atoms with Crippen molar-refractivity contribution in [1.82, 2.24) is 10.2 Å². The smallest absolute Gasteiger partial charge is 0.242 e.